The summed E-state index contributed by atoms with van der Waals surface area (Å²) in [6.07, 6.45) is 14.1. The molecule has 0 aromatic rings. The van der Waals surface area contributed by atoms with Gasteiger partial charge in [-0.25, -0.2) is 0 Å². The highest BCUT2D eigenvalue weighted by molar-refractivity contribution is 9.25. The summed E-state index contributed by atoms with van der Waals surface area (Å²) in [6.45, 7) is 0. The smallest absolute Gasteiger partial charge is 0.0718 e. The van der Waals surface area contributed by atoms with Gasteiger partial charge in [-0.15, -0.1) is 0 Å². The average Bonchev–Trinajstić information content (AvgIpc) is 3.01. The molecule has 0 spiro atoms. The lowest BCUT2D eigenvalue weighted by atomic mass is 9.72. The van der Waals surface area contributed by atoms with Crippen molar-refractivity contribution in [2.24, 2.45) is 22.7 Å². The van der Waals surface area contributed by atoms with Crippen LogP contribution in [0.15, 0.2) is 0 Å². The van der Waals surface area contributed by atoms with E-state index in [1.165, 1.54) is 64.2 Å². The van der Waals surface area contributed by atoms with Gasteiger partial charge >= 0.3 is 0 Å². The van der Waals surface area contributed by atoms with Gasteiger partial charge in [-0.2, -0.15) is 0 Å². The molecule has 0 aromatic carbocycles. The molecule has 20 heavy (non-hydrogen) atoms. The quantitative estimate of drug-likeness (QED) is 0.339. The second-order valence-corrected chi connectivity index (χ2v) is 15.0. The van der Waals surface area contributed by atoms with Crippen LogP contribution in [0.3, 0.4) is 0 Å². The Morgan fingerprint density at radius 1 is 0.600 bits per heavy atom. The fourth-order valence-electron chi connectivity index (χ4n) is 5.91. The third kappa shape index (κ3) is 1.80. The van der Waals surface area contributed by atoms with Crippen LogP contribution in [0, 0.1) is 22.7 Å². The summed E-state index contributed by atoms with van der Waals surface area (Å²) in [5, 5.41) is 0. The topological polar surface area (TPSA) is 0 Å². The van der Waals surface area contributed by atoms with Crippen molar-refractivity contribution in [2.45, 2.75) is 70.7 Å². The minimum atomic E-state index is 0.238. The highest BCUT2D eigenvalue weighted by Gasteiger charge is 2.65. The predicted octanol–water partition coefficient (Wildman–Crippen LogP) is 7.12. The number of hydrogen-bond acceptors (Lipinski definition) is 0. The summed E-state index contributed by atoms with van der Waals surface area (Å²) in [4.78, 5) is 0. The molecular formula is C16H22Br4. The Labute approximate surface area is 156 Å². The van der Waals surface area contributed by atoms with E-state index in [1.807, 2.05) is 0 Å². The van der Waals surface area contributed by atoms with Crippen LogP contribution in [0.25, 0.3) is 0 Å². The maximum Gasteiger partial charge on any atom is 0.0889 e. The van der Waals surface area contributed by atoms with Crippen molar-refractivity contribution in [2.75, 3.05) is 0 Å². The van der Waals surface area contributed by atoms with E-state index in [-0.39, 0.29) is 6.47 Å². The summed E-state index contributed by atoms with van der Waals surface area (Å²) in [5.74, 6) is 1.72. The first-order valence-corrected chi connectivity index (χ1v) is 11.3. The summed E-state index contributed by atoms with van der Waals surface area (Å²) < 4.78 is 0.475. The van der Waals surface area contributed by atoms with Gasteiger partial charge in [-0.3, -0.25) is 0 Å². The van der Waals surface area contributed by atoms with E-state index in [0.29, 0.717) is 10.8 Å². The molecule has 4 aliphatic carbocycles. The lowest BCUT2D eigenvalue weighted by Gasteiger charge is -2.41. The first-order chi connectivity index (χ1) is 9.33. The molecule has 0 N–H and O–H groups in total. The normalized spacial score (nSPS) is 51.0. The van der Waals surface area contributed by atoms with E-state index in [1.54, 1.807) is 0 Å². The number of fused-ring (bicyclic) bond motifs is 4. The number of hydrogen-bond donors (Lipinski definition) is 0. The van der Waals surface area contributed by atoms with Gasteiger partial charge in [0.05, 0.1) is 6.47 Å². The van der Waals surface area contributed by atoms with Gasteiger partial charge in [-0.05, 0) is 86.9 Å². The molecule has 4 heteroatoms. The van der Waals surface area contributed by atoms with Crippen molar-refractivity contribution >= 4 is 63.7 Å². The van der Waals surface area contributed by atoms with Crippen LogP contribution in [0.4, 0.5) is 0 Å². The molecule has 0 radical (unpaired) electrons. The van der Waals surface area contributed by atoms with Crippen LogP contribution in [0.2, 0.25) is 0 Å². The second-order valence-electron chi connectivity index (χ2n) is 7.86. The summed E-state index contributed by atoms with van der Waals surface area (Å²) in [6, 6.07) is 0. The van der Waals surface area contributed by atoms with E-state index in [4.69, 9.17) is 0 Å². The first kappa shape index (κ1) is 15.4. The molecule has 0 unspecified atom stereocenters. The Hall–Kier alpha value is 1.92. The van der Waals surface area contributed by atoms with Crippen LogP contribution >= 0.6 is 63.7 Å². The first-order valence-electron chi connectivity index (χ1n) is 8.09. The van der Waals surface area contributed by atoms with E-state index < -0.39 is 0 Å². The molecule has 114 valence electrons. The van der Waals surface area contributed by atoms with Gasteiger partial charge in [0, 0.05) is 0 Å². The zero-order valence-corrected chi connectivity index (χ0v) is 18.1. The zero-order chi connectivity index (χ0) is 14.2. The van der Waals surface area contributed by atoms with Gasteiger partial charge in [0.1, 0.15) is 0 Å². The van der Waals surface area contributed by atoms with Gasteiger partial charge in [0.2, 0.25) is 0 Å². The molecule has 0 heterocycles. The highest BCUT2D eigenvalue weighted by atomic mass is 79.9. The van der Waals surface area contributed by atoms with Crippen molar-refractivity contribution in [1.82, 2.24) is 0 Å². The van der Waals surface area contributed by atoms with Crippen LogP contribution in [0.1, 0.15) is 64.2 Å². The molecule has 0 saturated heterocycles. The summed E-state index contributed by atoms with van der Waals surface area (Å²) in [5.41, 5.74) is 1.03. The average molecular weight is 534 g/mol. The maximum absolute atomic E-state index is 4.07. The molecule has 4 fully saturated rings. The second kappa shape index (κ2) is 4.72. The van der Waals surface area contributed by atoms with E-state index in [0.717, 1.165) is 11.8 Å². The SMILES string of the molecule is BrC1(Br)C2CCC1(CCC13CCC(CC1)C3(Br)Br)CC2. The fraction of sp³-hybridized carbons (Fsp3) is 1.00. The van der Waals surface area contributed by atoms with E-state index in [9.17, 15) is 0 Å². The van der Waals surface area contributed by atoms with Crippen molar-refractivity contribution in [3.63, 3.8) is 0 Å². The Balaban J connectivity index is 1.54. The minimum absolute atomic E-state index is 0.238. The van der Waals surface area contributed by atoms with E-state index >= 15 is 0 Å². The van der Waals surface area contributed by atoms with Crippen LogP contribution in [-0.2, 0) is 0 Å². The molecular weight excluding hydrogens is 512 g/mol. The molecule has 4 aliphatic rings. The molecule has 4 saturated carbocycles. The lowest BCUT2D eigenvalue weighted by molar-refractivity contribution is 0.185. The molecule has 4 bridgehead atoms. The Bertz CT molecular complexity index is 372. The molecule has 0 aliphatic heterocycles. The van der Waals surface area contributed by atoms with Crippen molar-refractivity contribution < 1.29 is 0 Å². The molecule has 4 rings (SSSR count). The summed E-state index contributed by atoms with van der Waals surface area (Å²) >= 11 is 16.3. The Morgan fingerprint density at radius 2 is 0.900 bits per heavy atom. The standard InChI is InChI=1S/C16H22Br4/c17-15(18)11-1-5-13(15,6-2-11)9-10-14-7-3-12(4-8-14)16(14,19)20/h11-12H,1-10H2. The van der Waals surface area contributed by atoms with E-state index in [2.05, 4.69) is 63.7 Å². The van der Waals surface area contributed by atoms with Gasteiger partial charge in [0.15, 0.2) is 0 Å². The minimum Gasteiger partial charge on any atom is -0.0718 e. The number of rotatable bonds is 3. The third-order valence-electron chi connectivity index (χ3n) is 7.41. The largest absolute Gasteiger partial charge is 0.0889 e. The Morgan fingerprint density at radius 3 is 1.10 bits per heavy atom. The molecule has 0 nitrogen and oxygen atoms in total. The summed E-state index contributed by atoms with van der Waals surface area (Å²) in [7, 11) is 0. The maximum atomic E-state index is 4.07. The van der Waals surface area contributed by atoms with Gasteiger partial charge in [0.25, 0.3) is 0 Å². The lowest BCUT2D eigenvalue weighted by Crippen LogP contribution is -2.36. The van der Waals surface area contributed by atoms with Gasteiger partial charge < -0.3 is 0 Å². The van der Waals surface area contributed by atoms with Gasteiger partial charge in [-0.1, -0.05) is 63.7 Å². The fourth-order valence-corrected chi connectivity index (χ4v) is 10.1. The van der Waals surface area contributed by atoms with Crippen molar-refractivity contribution in [1.29, 1.82) is 0 Å². The number of halogens is 4. The zero-order valence-electron chi connectivity index (χ0n) is 11.7. The Kier molecular flexibility index (Phi) is 3.65. The monoisotopic (exact) mass is 530 g/mol. The third-order valence-corrected chi connectivity index (χ3v) is 13.4. The van der Waals surface area contributed by atoms with Crippen molar-refractivity contribution in [3.8, 4) is 0 Å². The van der Waals surface area contributed by atoms with Crippen LogP contribution in [0.5, 0.6) is 0 Å². The molecule has 0 atom stereocenters. The molecule has 0 aromatic heterocycles. The van der Waals surface area contributed by atoms with Crippen LogP contribution < -0.4 is 0 Å². The predicted molar refractivity (Wildman–Crippen MR) is 99.2 cm³/mol. The van der Waals surface area contributed by atoms with Crippen LogP contribution in [-0.4, -0.2) is 6.47 Å². The number of alkyl halides is 4. The highest BCUT2D eigenvalue weighted by Crippen LogP contribution is 2.73. The van der Waals surface area contributed by atoms with Crippen molar-refractivity contribution in [3.05, 3.63) is 0 Å². The molecule has 0 amide bonds.